The number of carbonyl (C=O) groups excluding carboxylic acids is 2. The van der Waals surface area contributed by atoms with Crippen LogP contribution in [0.15, 0.2) is 85.1 Å². The Hall–Kier alpha value is -3.16. The third-order valence-electron chi connectivity index (χ3n) is 16.8. The van der Waals surface area contributed by atoms with E-state index in [0.29, 0.717) is 12.8 Å². The minimum Gasteiger partial charge on any atom is -0.454 e. The largest absolute Gasteiger partial charge is 0.454 e. The Morgan fingerprint density at radius 3 is 1.21 bits per heavy atom. The van der Waals surface area contributed by atoms with Crippen LogP contribution >= 0.6 is 0 Å². The molecule has 1 aliphatic rings. The zero-order valence-corrected chi connectivity index (χ0v) is 56.1. The van der Waals surface area contributed by atoms with Crippen molar-refractivity contribution in [3.63, 3.8) is 0 Å². The first-order valence-corrected chi connectivity index (χ1v) is 36.4. The van der Waals surface area contributed by atoms with Crippen molar-refractivity contribution in [3.8, 4) is 0 Å². The van der Waals surface area contributed by atoms with Crippen LogP contribution in [0.4, 0.5) is 0 Å². The summed E-state index contributed by atoms with van der Waals surface area (Å²) in [5.41, 5.74) is 0. The Balaban J connectivity index is 2.59. The van der Waals surface area contributed by atoms with Gasteiger partial charge in [0.25, 0.3) is 0 Å². The number of nitrogens with one attached hydrogen (secondary N) is 1. The number of esters is 1. The van der Waals surface area contributed by atoms with Crippen molar-refractivity contribution in [2.75, 3.05) is 13.2 Å². The molecule has 6 N–H and O–H groups in total. The minimum absolute atomic E-state index is 0.114. The van der Waals surface area contributed by atoms with E-state index in [0.717, 1.165) is 103 Å². The van der Waals surface area contributed by atoms with Gasteiger partial charge in [-0.2, -0.15) is 0 Å². The van der Waals surface area contributed by atoms with Gasteiger partial charge in [-0.05, 0) is 103 Å². The fourth-order valence-corrected chi connectivity index (χ4v) is 11.0. The van der Waals surface area contributed by atoms with E-state index in [2.05, 4.69) is 99.0 Å². The fraction of sp³-hybridized carbons (Fsp3) is 0.789. The van der Waals surface area contributed by atoms with E-state index in [1.54, 1.807) is 6.08 Å². The van der Waals surface area contributed by atoms with Crippen molar-refractivity contribution in [2.24, 2.45) is 0 Å². The number of aliphatic hydroxyl groups is 5. The van der Waals surface area contributed by atoms with Crippen LogP contribution in [-0.2, 0) is 23.8 Å². The Bertz CT molecular complexity index is 1740. The molecular formula is C76H135NO10. The lowest BCUT2D eigenvalue weighted by Gasteiger charge is -2.41. The SMILES string of the molecule is CCCCC/C=C\C/C=C\C/C=C\C/C=C\CCCCCCCCCCCC(=O)OC1C(OCC(NC(=O)C(O)CCCCCCCCCCCC/C=C\C/C=C\CCCCC)C(O)/C=C/CCCCCCCCCCCCC)OC(CO)C(O)C1O. The standard InChI is InChI=1S/C76H135NO10/c1-4-7-10-13-16-19-22-25-27-29-31-33-34-35-36-37-39-41-43-46-49-52-55-58-61-64-71(81)87-74-73(83)72(82)70(65-78)86-76(74)85-66-67(68(79)62-59-56-53-50-47-44-24-21-18-15-12-9-6-3)77-75(84)69(80)63-60-57-54-51-48-45-42-40-38-32-30-28-26-23-20-17-14-11-8-5-2/h16-17,19-20,25-28,31,33,35-36,59,62,67-70,72-74,76,78-80,82-83H,4-15,18,21-24,29-30,32,34,37-58,60-61,63-66H2,1-3H3,(H,77,84)/b19-16-,20-17-,27-25-,28-26-,33-31-,36-35-,62-59+. The molecule has 8 unspecified atom stereocenters. The van der Waals surface area contributed by atoms with Gasteiger partial charge in [0, 0.05) is 6.42 Å². The predicted molar refractivity (Wildman–Crippen MR) is 366 cm³/mol. The highest BCUT2D eigenvalue weighted by atomic mass is 16.7. The highest BCUT2D eigenvalue weighted by molar-refractivity contribution is 5.80. The fourth-order valence-electron chi connectivity index (χ4n) is 11.0. The number of hydrogen-bond acceptors (Lipinski definition) is 10. The van der Waals surface area contributed by atoms with Gasteiger partial charge < -0.3 is 45.1 Å². The molecule has 0 aromatic heterocycles. The van der Waals surface area contributed by atoms with E-state index in [1.807, 2.05) is 6.08 Å². The van der Waals surface area contributed by atoms with Crippen LogP contribution in [0.25, 0.3) is 0 Å². The molecule has 1 heterocycles. The first-order valence-electron chi connectivity index (χ1n) is 36.4. The molecule has 0 spiro atoms. The molecule has 0 bridgehead atoms. The Morgan fingerprint density at radius 2 is 0.793 bits per heavy atom. The summed E-state index contributed by atoms with van der Waals surface area (Å²) in [6.45, 7) is 5.77. The minimum atomic E-state index is -1.62. The highest BCUT2D eigenvalue weighted by Gasteiger charge is 2.47. The molecule has 1 saturated heterocycles. The van der Waals surface area contributed by atoms with Gasteiger partial charge in [-0.15, -0.1) is 0 Å². The number of unbranched alkanes of at least 4 members (excludes halogenated alkanes) is 36. The summed E-state index contributed by atoms with van der Waals surface area (Å²) in [6.07, 6.45) is 73.2. The summed E-state index contributed by atoms with van der Waals surface area (Å²) >= 11 is 0. The second-order valence-corrected chi connectivity index (χ2v) is 25.0. The second kappa shape index (κ2) is 63.0. The van der Waals surface area contributed by atoms with Crippen molar-refractivity contribution in [1.82, 2.24) is 5.32 Å². The number of allylic oxidation sites excluding steroid dienone is 13. The van der Waals surface area contributed by atoms with Gasteiger partial charge in [0.15, 0.2) is 12.4 Å². The van der Waals surface area contributed by atoms with E-state index >= 15 is 0 Å². The maximum Gasteiger partial charge on any atom is 0.306 e. The third-order valence-corrected chi connectivity index (χ3v) is 16.8. The summed E-state index contributed by atoms with van der Waals surface area (Å²) < 4.78 is 17.7. The number of hydrogen-bond donors (Lipinski definition) is 6. The molecule has 87 heavy (non-hydrogen) atoms. The molecule has 1 rings (SSSR count). The zero-order chi connectivity index (χ0) is 63.1. The maximum absolute atomic E-state index is 13.5. The number of ether oxygens (including phenoxy) is 3. The molecule has 0 radical (unpaired) electrons. The van der Waals surface area contributed by atoms with Crippen LogP contribution in [-0.4, -0.2) is 99.6 Å². The van der Waals surface area contributed by atoms with Crippen molar-refractivity contribution in [3.05, 3.63) is 85.1 Å². The summed E-state index contributed by atoms with van der Waals surface area (Å²) in [5.74, 6) is -1.20. The van der Waals surface area contributed by atoms with Crippen LogP contribution in [0.2, 0.25) is 0 Å². The molecule has 504 valence electrons. The zero-order valence-electron chi connectivity index (χ0n) is 56.1. The molecule has 1 fully saturated rings. The molecule has 11 heteroatoms. The summed E-state index contributed by atoms with van der Waals surface area (Å²) in [7, 11) is 0. The van der Waals surface area contributed by atoms with Crippen molar-refractivity contribution >= 4 is 11.9 Å². The maximum atomic E-state index is 13.5. The van der Waals surface area contributed by atoms with Gasteiger partial charge in [-0.3, -0.25) is 9.59 Å². The van der Waals surface area contributed by atoms with Crippen LogP contribution < -0.4 is 5.32 Å². The Kier molecular flexibility index (Phi) is 59.3. The van der Waals surface area contributed by atoms with Crippen LogP contribution in [0.5, 0.6) is 0 Å². The second-order valence-electron chi connectivity index (χ2n) is 25.0. The first-order chi connectivity index (χ1) is 42.7. The first kappa shape index (κ1) is 81.9. The normalized spacial score (nSPS) is 18.7. The van der Waals surface area contributed by atoms with Gasteiger partial charge in [0.05, 0.1) is 25.4 Å². The topological polar surface area (TPSA) is 175 Å². The molecule has 1 amide bonds. The monoisotopic (exact) mass is 1220 g/mol. The molecule has 0 aromatic carbocycles. The van der Waals surface area contributed by atoms with Crippen LogP contribution in [0, 0.1) is 0 Å². The lowest BCUT2D eigenvalue weighted by Crippen LogP contribution is -2.61. The van der Waals surface area contributed by atoms with Crippen LogP contribution in [0.1, 0.15) is 323 Å². The quantitative estimate of drug-likeness (QED) is 0.0195. The van der Waals surface area contributed by atoms with Crippen molar-refractivity contribution in [1.29, 1.82) is 0 Å². The van der Waals surface area contributed by atoms with Gasteiger partial charge in [0.2, 0.25) is 5.91 Å². The molecule has 8 atom stereocenters. The average Bonchev–Trinajstić information content (AvgIpc) is 2.32. The number of rotatable bonds is 62. The molecule has 1 aliphatic heterocycles. The lowest BCUT2D eigenvalue weighted by atomic mass is 9.99. The highest BCUT2D eigenvalue weighted by Crippen LogP contribution is 2.26. The number of aliphatic hydroxyl groups excluding tert-OH is 5. The number of carbonyl (C=O) groups is 2. The van der Waals surface area contributed by atoms with Gasteiger partial charge >= 0.3 is 5.97 Å². The van der Waals surface area contributed by atoms with Gasteiger partial charge in [-0.1, -0.05) is 298 Å². The molecule has 0 aromatic rings. The van der Waals surface area contributed by atoms with Gasteiger partial charge in [0.1, 0.15) is 24.4 Å². The van der Waals surface area contributed by atoms with Crippen molar-refractivity contribution in [2.45, 2.75) is 372 Å². The number of amides is 1. The summed E-state index contributed by atoms with van der Waals surface area (Å²) in [4.78, 5) is 26.7. The van der Waals surface area contributed by atoms with E-state index in [1.165, 1.54) is 173 Å². The summed E-state index contributed by atoms with van der Waals surface area (Å²) in [5, 5.41) is 57.3. The molecular weight excluding hydrogens is 1090 g/mol. The van der Waals surface area contributed by atoms with Gasteiger partial charge in [-0.25, -0.2) is 0 Å². The molecule has 11 nitrogen and oxygen atoms in total. The van der Waals surface area contributed by atoms with E-state index in [4.69, 9.17) is 14.2 Å². The van der Waals surface area contributed by atoms with E-state index in [9.17, 15) is 35.1 Å². The Labute approximate surface area is 533 Å². The Morgan fingerprint density at radius 1 is 0.448 bits per heavy atom. The van der Waals surface area contributed by atoms with E-state index < -0.39 is 67.4 Å². The predicted octanol–water partition coefficient (Wildman–Crippen LogP) is 18.8. The lowest BCUT2D eigenvalue weighted by molar-refractivity contribution is -0.305. The molecule has 0 saturated carbocycles. The van der Waals surface area contributed by atoms with E-state index in [-0.39, 0.29) is 19.4 Å². The average molecular weight is 1220 g/mol. The van der Waals surface area contributed by atoms with Crippen molar-refractivity contribution < 1.29 is 49.3 Å². The van der Waals surface area contributed by atoms with Crippen LogP contribution in [0.3, 0.4) is 0 Å². The third kappa shape index (κ3) is 50.2. The molecule has 0 aliphatic carbocycles. The summed E-state index contributed by atoms with van der Waals surface area (Å²) in [6, 6.07) is -1.03. The smallest absolute Gasteiger partial charge is 0.306 e.